The molecule has 1 aliphatic carbocycles. The third-order valence-electron chi connectivity index (χ3n) is 3.85. The molecular formula is C17H28N2O. The van der Waals surface area contributed by atoms with E-state index in [1.165, 1.54) is 24.9 Å². The van der Waals surface area contributed by atoms with Crippen molar-refractivity contribution < 1.29 is 4.74 Å². The van der Waals surface area contributed by atoms with Crippen LogP contribution in [0.15, 0.2) is 24.3 Å². The minimum Gasteiger partial charge on any atom is -0.492 e. The van der Waals surface area contributed by atoms with E-state index in [1.54, 1.807) is 0 Å². The molecule has 0 heterocycles. The zero-order valence-electron chi connectivity index (χ0n) is 13.1. The molecule has 3 heteroatoms. The van der Waals surface area contributed by atoms with Gasteiger partial charge in [-0.2, -0.15) is 0 Å². The van der Waals surface area contributed by atoms with Crippen LogP contribution in [0.1, 0.15) is 32.3 Å². The highest BCUT2D eigenvalue weighted by Gasteiger charge is 2.25. The molecule has 0 saturated heterocycles. The highest BCUT2D eigenvalue weighted by atomic mass is 16.5. The number of nitrogens with zero attached hydrogens (tertiary/aromatic N) is 1. The summed E-state index contributed by atoms with van der Waals surface area (Å²) in [6.45, 7) is 8.46. The molecule has 2 rings (SSSR count). The largest absolute Gasteiger partial charge is 0.492 e. The van der Waals surface area contributed by atoms with Crippen LogP contribution in [-0.4, -0.2) is 37.7 Å². The molecule has 3 nitrogen and oxygen atoms in total. The van der Waals surface area contributed by atoms with E-state index in [2.05, 4.69) is 42.3 Å². The van der Waals surface area contributed by atoms with Gasteiger partial charge < -0.3 is 10.1 Å². The molecule has 112 valence electrons. The van der Waals surface area contributed by atoms with Crippen molar-refractivity contribution in [3.8, 4) is 5.75 Å². The Morgan fingerprint density at radius 1 is 1.35 bits per heavy atom. The van der Waals surface area contributed by atoms with Crippen LogP contribution < -0.4 is 10.1 Å². The average molecular weight is 276 g/mol. The molecule has 0 aliphatic heterocycles. The Hall–Kier alpha value is -1.06. The van der Waals surface area contributed by atoms with Gasteiger partial charge in [-0.05, 0) is 57.4 Å². The summed E-state index contributed by atoms with van der Waals surface area (Å²) in [7, 11) is 1.96. The van der Waals surface area contributed by atoms with Gasteiger partial charge in [0.25, 0.3) is 0 Å². The Balaban J connectivity index is 1.76. The molecule has 0 radical (unpaired) electrons. The van der Waals surface area contributed by atoms with Gasteiger partial charge in [0.1, 0.15) is 12.4 Å². The minimum absolute atomic E-state index is 0.606. The lowest BCUT2D eigenvalue weighted by Gasteiger charge is -2.26. The van der Waals surface area contributed by atoms with Gasteiger partial charge in [0.2, 0.25) is 0 Å². The van der Waals surface area contributed by atoms with Gasteiger partial charge >= 0.3 is 0 Å². The summed E-state index contributed by atoms with van der Waals surface area (Å²) >= 11 is 0. The summed E-state index contributed by atoms with van der Waals surface area (Å²) in [5.74, 6) is 1.92. The molecule has 0 amide bonds. The van der Waals surface area contributed by atoms with E-state index in [4.69, 9.17) is 4.74 Å². The number of ether oxygens (including phenoxy) is 1. The molecule has 1 N–H and O–H groups in total. The van der Waals surface area contributed by atoms with Gasteiger partial charge in [-0.25, -0.2) is 0 Å². The standard InChI is InChI=1S/C17H28N2O/c1-14(2)19(13-15-7-8-15)9-10-20-17-6-4-5-16(11-17)12-18-3/h4-6,11,14-15,18H,7-10,12-13H2,1-3H3. The van der Waals surface area contributed by atoms with Crippen molar-refractivity contribution in [2.45, 2.75) is 39.3 Å². The Morgan fingerprint density at radius 2 is 2.15 bits per heavy atom. The van der Waals surface area contributed by atoms with Gasteiger partial charge in [0.05, 0.1) is 0 Å². The van der Waals surface area contributed by atoms with E-state index < -0.39 is 0 Å². The number of hydrogen-bond acceptors (Lipinski definition) is 3. The van der Waals surface area contributed by atoms with Crippen LogP contribution in [-0.2, 0) is 6.54 Å². The molecule has 20 heavy (non-hydrogen) atoms. The average Bonchev–Trinajstić information content (AvgIpc) is 3.22. The summed E-state index contributed by atoms with van der Waals surface area (Å²) in [4.78, 5) is 2.54. The van der Waals surface area contributed by atoms with Crippen LogP contribution in [0.3, 0.4) is 0 Å². The first kappa shape index (κ1) is 15.3. The van der Waals surface area contributed by atoms with Gasteiger partial charge in [-0.15, -0.1) is 0 Å². The summed E-state index contributed by atoms with van der Waals surface area (Å²) in [5, 5.41) is 3.17. The van der Waals surface area contributed by atoms with Crippen molar-refractivity contribution >= 4 is 0 Å². The normalized spacial score (nSPS) is 15.1. The Morgan fingerprint density at radius 3 is 2.80 bits per heavy atom. The van der Waals surface area contributed by atoms with Crippen molar-refractivity contribution in [3.05, 3.63) is 29.8 Å². The van der Waals surface area contributed by atoms with E-state index in [9.17, 15) is 0 Å². The van der Waals surface area contributed by atoms with E-state index in [-0.39, 0.29) is 0 Å². The number of rotatable bonds is 9. The van der Waals surface area contributed by atoms with Crippen molar-refractivity contribution in [1.82, 2.24) is 10.2 Å². The van der Waals surface area contributed by atoms with Crippen LogP contribution in [0.4, 0.5) is 0 Å². The molecule has 1 saturated carbocycles. The quantitative estimate of drug-likeness (QED) is 0.750. The van der Waals surface area contributed by atoms with Gasteiger partial charge in [0.15, 0.2) is 0 Å². The van der Waals surface area contributed by atoms with Crippen LogP contribution in [0.2, 0.25) is 0 Å². The van der Waals surface area contributed by atoms with Crippen molar-refractivity contribution in [1.29, 1.82) is 0 Å². The fourth-order valence-electron chi connectivity index (χ4n) is 2.42. The fraction of sp³-hybridized carbons (Fsp3) is 0.647. The number of benzene rings is 1. The molecule has 0 atom stereocenters. The lowest BCUT2D eigenvalue weighted by atomic mass is 10.2. The maximum Gasteiger partial charge on any atom is 0.119 e. The molecule has 0 bridgehead atoms. The first-order valence-corrected chi connectivity index (χ1v) is 7.79. The monoisotopic (exact) mass is 276 g/mol. The first-order valence-electron chi connectivity index (χ1n) is 7.79. The van der Waals surface area contributed by atoms with Crippen molar-refractivity contribution in [2.24, 2.45) is 5.92 Å². The molecule has 1 aliphatic rings. The molecule has 1 aromatic rings. The second-order valence-corrected chi connectivity index (χ2v) is 6.06. The summed E-state index contributed by atoms with van der Waals surface area (Å²) in [6.07, 6.45) is 2.83. The van der Waals surface area contributed by atoms with E-state index >= 15 is 0 Å². The summed E-state index contributed by atoms with van der Waals surface area (Å²) < 4.78 is 5.91. The highest BCUT2D eigenvalue weighted by molar-refractivity contribution is 5.28. The molecule has 0 spiro atoms. The molecular weight excluding hydrogens is 248 g/mol. The van der Waals surface area contributed by atoms with Crippen LogP contribution in [0.25, 0.3) is 0 Å². The van der Waals surface area contributed by atoms with E-state index in [0.29, 0.717) is 6.04 Å². The third kappa shape index (κ3) is 5.14. The van der Waals surface area contributed by atoms with Crippen LogP contribution >= 0.6 is 0 Å². The summed E-state index contributed by atoms with van der Waals surface area (Å²) in [5.41, 5.74) is 1.27. The lowest BCUT2D eigenvalue weighted by molar-refractivity contribution is 0.170. The molecule has 0 aromatic heterocycles. The second-order valence-electron chi connectivity index (χ2n) is 6.06. The summed E-state index contributed by atoms with van der Waals surface area (Å²) in [6, 6.07) is 8.95. The molecule has 1 fully saturated rings. The zero-order valence-corrected chi connectivity index (χ0v) is 13.1. The van der Waals surface area contributed by atoms with Gasteiger partial charge in [0, 0.05) is 25.7 Å². The van der Waals surface area contributed by atoms with Gasteiger partial charge in [-0.3, -0.25) is 4.90 Å². The van der Waals surface area contributed by atoms with Crippen LogP contribution in [0.5, 0.6) is 5.75 Å². The topological polar surface area (TPSA) is 24.5 Å². The van der Waals surface area contributed by atoms with Gasteiger partial charge in [-0.1, -0.05) is 12.1 Å². The maximum atomic E-state index is 5.91. The predicted octanol–water partition coefficient (Wildman–Crippen LogP) is 2.91. The van der Waals surface area contributed by atoms with E-state index in [0.717, 1.165) is 31.4 Å². The maximum absolute atomic E-state index is 5.91. The first-order chi connectivity index (χ1) is 9.69. The minimum atomic E-state index is 0.606. The SMILES string of the molecule is CNCc1cccc(OCCN(CC2CC2)C(C)C)c1. The van der Waals surface area contributed by atoms with Crippen molar-refractivity contribution in [2.75, 3.05) is 26.7 Å². The lowest BCUT2D eigenvalue weighted by Crippen LogP contribution is -2.36. The predicted molar refractivity (Wildman–Crippen MR) is 84.1 cm³/mol. The number of nitrogens with one attached hydrogen (secondary N) is 1. The zero-order chi connectivity index (χ0) is 14.4. The number of hydrogen-bond donors (Lipinski definition) is 1. The Bertz CT molecular complexity index is 402. The smallest absolute Gasteiger partial charge is 0.119 e. The third-order valence-corrected chi connectivity index (χ3v) is 3.85. The fourth-order valence-corrected chi connectivity index (χ4v) is 2.42. The van der Waals surface area contributed by atoms with Crippen LogP contribution in [0, 0.1) is 5.92 Å². The molecule has 0 unspecified atom stereocenters. The Labute approximate surface area is 123 Å². The second kappa shape index (κ2) is 7.65. The van der Waals surface area contributed by atoms with E-state index in [1.807, 2.05) is 13.1 Å². The van der Waals surface area contributed by atoms with Crippen molar-refractivity contribution in [3.63, 3.8) is 0 Å². The Kier molecular flexibility index (Phi) is 5.86. The highest BCUT2D eigenvalue weighted by Crippen LogP contribution is 2.30. The molecule has 1 aromatic carbocycles.